The lowest BCUT2D eigenvalue weighted by atomic mass is 10.5. The zero-order valence-corrected chi connectivity index (χ0v) is 6.42. The van der Waals surface area contributed by atoms with Crippen molar-refractivity contribution in [3.63, 3.8) is 0 Å². The maximum absolute atomic E-state index is 5.74. The minimum atomic E-state index is 0.600. The molecule has 0 radical (unpaired) electrons. The first-order valence-corrected chi connectivity index (χ1v) is 3.53. The van der Waals surface area contributed by atoms with E-state index in [4.69, 9.17) is 17.3 Å². The molecule has 2 heterocycles. The molecule has 3 nitrogen and oxygen atoms in total. The van der Waals surface area contributed by atoms with Crippen LogP contribution >= 0.6 is 11.6 Å². The predicted octanol–water partition coefficient (Wildman–Crippen LogP) is 1.57. The van der Waals surface area contributed by atoms with Crippen LogP contribution in [0.2, 0.25) is 5.02 Å². The van der Waals surface area contributed by atoms with Crippen molar-refractivity contribution in [3.05, 3.63) is 29.5 Å². The van der Waals surface area contributed by atoms with Gasteiger partial charge in [-0.05, 0) is 12.1 Å². The minimum absolute atomic E-state index is 0.600. The van der Waals surface area contributed by atoms with Crippen LogP contribution in [0.4, 0.5) is 5.82 Å². The largest absolute Gasteiger partial charge is 0.383 e. The highest BCUT2D eigenvalue weighted by atomic mass is 35.5. The smallest absolute Gasteiger partial charge is 0.138 e. The second-order valence-corrected chi connectivity index (χ2v) is 2.70. The van der Waals surface area contributed by atoms with Crippen molar-refractivity contribution in [1.29, 1.82) is 0 Å². The van der Waals surface area contributed by atoms with E-state index in [1.165, 1.54) is 0 Å². The monoisotopic (exact) mass is 167 g/mol. The van der Waals surface area contributed by atoms with Crippen LogP contribution in [0.5, 0.6) is 0 Å². The molecule has 2 aromatic heterocycles. The maximum Gasteiger partial charge on any atom is 0.138 e. The number of hydrogen-bond donors (Lipinski definition) is 1. The Hall–Kier alpha value is -1.22. The van der Waals surface area contributed by atoms with Crippen LogP contribution < -0.4 is 5.73 Å². The van der Waals surface area contributed by atoms with Crippen LogP contribution in [0.15, 0.2) is 24.5 Å². The van der Waals surface area contributed by atoms with Crippen molar-refractivity contribution >= 4 is 23.1 Å². The number of anilines is 1. The molecule has 2 aromatic rings. The Balaban J connectivity index is 2.87. The summed E-state index contributed by atoms with van der Waals surface area (Å²) < 4.78 is 1.74. The molecule has 0 atom stereocenters. The van der Waals surface area contributed by atoms with Gasteiger partial charge in [0.05, 0.1) is 11.2 Å². The van der Waals surface area contributed by atoms with Gasteiger partial charge in [-0.1, -0.05) is 11.6 Å². The second kappa shape index (κ2) is 2.13. The van der Waals surface area contributed by atoms with Crippen molar-refractivity contribution in [2.24, 2.45) is 0 Å². The summed E-state index contributed by atoms with van der Waals surface area (Å²) in [5.74, 6) is 0.600. The molecule has 0 saturated heterocycles. The van der Waals surface area contributed by atoms with Gasteiger partial charge in [0.1, 0.15) is 11.5 Å². The van der Waals surface area contributed by atoms with E-state index in [2.05, 4.69) is 4.98 Å². The molecule has 56 valence electrons. The van der Waals surface area contributed by atoms with Crippen LogP contribution in [0.3, 0.4) is 0 Å². The number of pyridine rings is 1. The molecule has 2 rings (SSSR count). The van der Waals surface area contributed by atoms with Crippen LogP contribution in [0.1, 0.15) is 0 Å². The third-order valence-electron chi connectivity index (χ3n) is 1.50. The van der Waals surface area contributed by atoms with Gasteiger partial charge in [-0.3, -0.25) is 4.40 Å². The van der Waals surface area contributed by atoms with E-state index in [1.54, 1.807) is 22.9 Å². The molecule has 0 spiro atoms. The summed E-state index contributed by atoms with van der Waals surface area (Å²) in [6, 6.07) is 3.60. The number of imidazole rings is 1. The normalized spacial score (nSPS) is 10.6. The second-order valence-electron chi connectivity index (χ2n) is 2.26. The molecular formula is C7H6ClN3. The molecule has 0 amide bonds. The zero-order chi connectivity index (χ0) is 7.84. The molecule has 0 fully saturated rings. The van der Waals surface area contributed by atoms with E-state index in [0.29, 0.717) is 10.8 Å². The van der Waals surface area contributed by atoms with Gasteiger partial charge < -0.3 is 5.73 Å². The summed E-state index contributed by atoms with van der Waals surface area (Å²) in [6.45, 7) is 0. The predicted molar refractivity (Wildman–Crippen MR) is 44.6 cm³/mol. The van der Waals surface area contributed by atoms with E-state index in [-0.39, 0.29) is 0 Å². The van der Waals surface area contributed by atoms with Gasteiger partial charge in [0, 0.05) is 6.20 Å². The number of aromatic nitrogens is 2. The number of hydrogen-bond acceptors (Lipinski definition) is 2. The fraction of sp³-hybridized carbons (Fsp3) is 0. The van der Waals surface area contributed by atoms with E-state index < -0.39 is 0 Å². The highest BCUT2D eigenvalue weighted by Crippen LogP contribution is 2.13. The van der Waals surface area contributed by atoms with Crippen molar-refractivity contribution in [2.75, 3.05) is 5.73 Å². The highest BCUT2D eigenvalue weighted by molar-refractivity contribution is 6.30. The number of halogens is 1. The third-order valence-corrected chi connectivity index (χ3v) is 1.72. The average Bonchev–Trinajstić information content (AvgIpc) is 2.33. The van der Waals surface area contributed by atoms with Crippen molar-refractivity contribution in [3.8, 4) is 0 Å². The Morgan fingerprint density at radius 1 is 1.45 bits per heavy atom. The fourth-order valence-corrected chi connectivity index (χ4v) is 1.13. The summed E-state index contributed by atoms with van der Waals surface area (Å²) in [5, 5.41) is 0.655. The van der Waals surface area contributed by atoms with Gasteiger partial charge in [-0.2, -0.15) is 0 Å². The Kier molecular flexibility index (Phi) is 1.26. The van der Waals surface area contributed by atoms with Gasteiger partial charge in [0.15, 0.2) is 0 Å². The number of rotatable bonds is 0. The quantitative estimate of drug-likeness (QED) is 0.647. The fourth-order valence-electron chi connectivity index (χ4n) is 0.973. The molecule has 0 aromatic carbocycles. The van der Waals surface area contributed by atoms with Crippen LogP contribution in [-0.4, -0.2) is 9.38 Å². The molecule has 11 heavy (non-hydrogen) atoms. The van der Waals surface area contributed by atoms with E-state index in [0.717, 1.165) is 5.65 Å². The van der Waals surface area contributed by atoms with E-state index in [1.807, 2.05) is 6.07 Å². The first kappa shape index (κ1) is 6.49. The summed E-state index contributed by atoms with van der Waals surface area (Å²) in [6.07, 6.45) is 3.34. The summed E-state index contributed by atoms with van der Waals surface area (Å²) in [4.78, 5) is 4.04. The van der Waals surface area contributed by atoms with Crippen molar-refractivity contribution in [1.82, 2.24) is 9.38 Å². The summed E-state index contributed by atoms with van der Waals surface area (Å²) >= 11 is 5.74. The van der Waals surface area contributed by atoms with Gasteiger partial charge in [-0.25, -0.2) is 4.98 Å². The van der Waals surface area contributed by atoms with E-state index in [9.17, 15) is 0 Å². The van der Waals surface area contributed by atoms with Gasteiger partial charge >= 0.3 is 0 Å². The Bertz CT molecular complexity index is 393. The number of nitrogen functional groups attached to an aromatic ring is 1. The van der Waals surface area contributed by atoms with E-state index >= 15 is 0 Å². The Morgan fingerprint density at radius 2 is 2.27 bits per heavy atom. The molecule has 0 saturated carbocycles. The lowest BCUT2D eigenvalue weighted by Gasteiger charge is -1.94. The number of nitrogens with zero attached hydrogens (tertiary/aromatic N) is 2. The molecule has 0 bridgehead atoms. The van der Waals surface area contributed by atoms with Crippen LogP contribution in [-0.2, 0) is 0 Å². The molecule has 4 heteroatoms. The summed E-state index contributed by atoms with van der Waals surface area (Å²) in [5.41, 5.74) is 6.40. The minimum Gasteiger partial charge on any atom is -0.383 e. The van der Waals surface area contributed by atoms with Crippen molar-refractivity contribution in [2.45, 2.75) is 0 Å². The van der Waals surface area contributed by atoms with Crippen LogP contribution in [0.25, 0.3) is 5.65 Å². The van der Waals surface area contributed by atoms with Gasteiger partial charge in [-0.15, -0.1) is 0 Å². The lowest BCUT2D eigenvalue weighted by Crippen LogP contribution is -1.91. The molecular weight excluding hydrogens is 162 g/mol. The van der Waals surface area contributed by atoms with Gasteiger partial charge in [0.2, 0.25) is 0 Å². The van der Waals surface area contributed by atoms with Gasteiger partial charge in [0.25, 0.3) is 0 Å². The molecule has 0 aliphatic rings. The zero-order valence-electron chi connectivity index (χ0n) is 5.66. The maximum atomic E-state index is 5.74. The molecule has 0 aliphatic heterocycles. The number of fused-ring (bicyclic) bond motifs is 1. The topological polar surface area (TPSA) is 43.3 Å². The average molecular weight is 168 g/mol. The first-order valence-electron chi connectivity index (χ1n) is 3.15. The number of nitrogens with two attached hydrogens (primary N) is 1. The third kappa shape index (κ3) is 0.935. The van der Waals surface area contributed by atoms with Crippen LogP contribution in [0, 0.1) is 0 Å². The standard InChI is InChI=1S/C7H6ClN3/c8-5-1-2-7-10-3-6(9)11(7)4-5/h1-4H,9H2. The SMILES string of the molecule is Nc1cnc2ccc(Cl)cn12. The molecule has 0 unspecified atom stereocenters. The lowest BCUT2D eigenvalue weighted by molar-refractivity contribution is 1.20. The highest BCUT2D eigenvalue weighted by Gasteiger charge is 1.97. The summed E-state index contributed by atoms with van der Waals surface area (Å²) in [7, 11) is 0. The Morgan fingerprint density at radius 3 is 3.09 bits per heavy atom. The Labute approximate surface area is 68.4 Å². The molecule has 0 aliphatic carbocycles. The first-order chi connectivity index (χ1) is 5.27. The van der Waals surface area contributed by atoms with Crippen molar-refractivity contribution < 1.29 is 0 Å². The molecule has 2 N–H and O–H groups in total.